The molecule has 2 aromatic carbocycles. The van der Waals surface area contributed by atoms with Crippen LogP contribution < -0.4 is 5.73 Å². The van der Waals surface area contributed by atoms with Gasteiger partial charge in [0, 0.05) is 11.3 Å². The first-order valence-electron chi connectivity index (χ1n) is 5.58. The molecule has 0 aliphatic rings. The Kier molecular flexibility index (Phi) is 2.53. The number of rotatable bonds is 2. The van der Waals surface area contributed by atoms with Crippen molar-refractivity contribution < 1.29 is 4.42 Å². The van der Waals surface area contributed by atoms with Gasteiger partial charge in [0.05, 0.1) is 5.56 Å². The predicted octanol–water partition coefficient (Wildman–Crippen LogP) is 2.99. The molecule has 3 aromatic rings. The number of nitrogens with two attached hydrogens (primary N) is 1. The normalized spacial score (nSPS) is 10.4. The number of aromatic nitrogens is 2. The maximum atomic E-state index is 5.87. The van der Waals surface area contributed by atoms with Gasteiger partial charge in [-0.25, -0.2) is 0 Å². The second-order valence-electron chi connectivity index (χ2n) is 3.87. The van der Waals surface area contributed by atoms with Crippen LogP contribution in [0.15, 0.2) is 59.0 Å². The highest BCUT2D eigenvalue weighted by Gasteiger charge is 2.11. The van der Waals surface area contributed by atoms with Crippen molar-refractivity contribution in [3.63, 3.8) is 0 Å². The maximum absolute atomic E-state index is 5.87. The monoisotopic (exact) mass is 237 g/mol. The first-order chi connectivity index (χ1) is 8.84. The van der Waals surface area contributed by atoms with Gasteiger partial charge in [0.1, 0.15) is 0 Å². The minimum Gasteiger partial charge on any atom is -0.416 e. The zero-order chi connectivity index (χ0) is 12.4. The first-order valence-corrected chi connectivity index (χ1v) is 5.58. The number of anilines is 1. The molecule has 0 saturated heterocycles. The average molecular weight is 237 g/mol. The standard InChI is InChI=1S/C14H11N3O/c15-12-9-5-4-8-11(12)14-17-16-13(18-14)10-6-2-1-3-7-10/h1-9H,15H2. The highest BCUT2D eigenvalue weighted by molar-refractivity contribution is 5.70. The van der Waals surface area contributed by atoms with Crippen LogP contribution >= 0.6 is 0 Å². The second kappa shape index (κ2) is 4.33. The Morgan fingerprint density at radius 1 is 0.778 bits per heavy atom. The van der Waals surface area contributed by atoms with E-state index in [1.54, 1.807) is 0 Å². The van der Waals surface area contributed by atoms with E-state index in [0.29, 0.717) is 17.5 Å². The van der Waals surface area contributed by atoms with Crippen molar-refractivity contribution in [1.82, 2.24) is 10.2 Å². The van der Waals surface area contributed by atoms with Crippen molar-refractivity contribution in [3.8, 4) is 22.9 Å². The smallest absolute Gasteiger partial charge is 0.250 e. The lowest BCUT2D eigenvalue weighted by molar-refractivity contribution is 0.585. The van der Waals surface area contributed by atoms with Gasteiger partial charge >= 0.3 is 0 Å². The van der Waals surface area contributed by atoms with Crippen molar-refractivity contribution in [2.45, 2.75) is 0 Å². The van der Waals surface area contributed by atoms with E-state index >= 15 is 0 Å². The summed E-state index contributed by atoms with van der Waals surface area (Å²) >= 11 is 0. The molecule has 0 spiro atoms. The first kappa shape index (κ1) is 10.5. The van der Waals surface area contributed by atoms with E-state index in [-0.39, 0.29) is 0 Å². The minimum absolute atomic E-state index is 0.437. The molecule has 0 unspecified atom stereocenters. The van der Waals surface area contributed by atoms with Crippen LogP contribution in [0.1, 0.15) is 0 Å². The fourth-order valence-electron chi connectivity index (χ4n) is 1.72. The number of hydrogen-bond acceptors (Lipinski definition) is 4. The molecule has 18 heavy (non-hydrogen) atoms. The largest absolute Gasteiger partial charge is 0.416 e. The molecular formula is C14H11N3O. The molecule has 0 aliphatic heterocycles. The SMILES string of the molecule is Nc1ccccc1-c1nnc(-c2ccccc2)o1. The van der Waals surface area contributed by atoms with Crippen LogP contribution in [0.25, 0.3) is 22.9 Å². The average Bonchev–Trinajstić information content (AvgIpc) is 2.90. The van der Waals surface area contributed by atoms with Crippen LogP contribution in [0.4, 0.5) is 5.69 Å². The molecular weight excluding hydrogens is 226 g/mol. The third kappa shape index (κ3) is 1.84. The van der Waals surface area contributed by atoms with E-state index in [9.17, 15) is 0 Å². The van der Waals surface area contributed by atoms with E-state index in [1.807, 2.05) is 54.6 Å². The molecule has 0 radical (unpaired) electrons. The van der Waals surface area contributed by atoms with E-state index < -0.39 is 0 Å². The van der Waals surface area contributed by atoms with Crippen molar-refractivity contribution in [1.29, 1.82) is 0 Å². The molecule has 4 heteroatoms. The van der Waals surface area contributed by atoms with Crippen LogP contribution in [-0.4, -0.2) is 10.2 Å². The summed E-state index contributed by atoms with van der Waals surface area (Å²) in [5, 5.41) is 8.06. The van der Waals surface area contributed by atoms with Crippen molar-refractivity contribution in [3.05, 3.63) is 54.6 Å². The van der Waals surface area contributed by atoms with Crippen molar-refractivity contribution in [2.75, 3.05) is 5.73 Å². The van der Waals surface area contributed by atoms with E-state index in [2.05, 4.69) is 10.2 Å². The van der Waals surface area contributed by atoms with Crippen molar-refractivity contribution in [2.24, 2.45) is 0 Å². The summed E-state index contributed by atoms with van der Waals surface area (Å²) in [6, 6.07) is 17.1. The fourth-order valence-corrected chi connectivity index (χ4v) is 1.72. The number of benzene rings is 2. The van der Waals surface area contributed by atoms with E-state index in [1.165, 1.54) is 0 Å². The van der Waals surface area contributed by atoms with Gasteiger partial charge in [0.15, 0.2) is 0 Å². The molecule has 0 fully saturated rings. The van der Waals surface area contributed by atoms with Crippen LogP contribution in [0.2, 0.25) is 0 Å². The Hall–Kier alpha value is -2.62. The summed E-state index contributed by atoms with van der Waals surface area (Å²) < 4.78 is 5.63. The number of hydrogen-bond donors (Lipinski definition) is 1. The number of nitrogen functional groups attached to an aromatic ring is 1. The topological polar surface area (TPSA) is 64.9 Å². The Bertz CT molecular complexity index is 662. The summed E-state index contributed by atoms with van der Waals surface area (Å²) in [6.45, 7) is 0. The molecule has 1 aromatic heterocycles. The van der Waals surface area contributed by atoms with Gasteiger partial charge in [-0.15, -0.1) is 10.2 Å². The third-order valence-corrected chi connectivity index (χ3v) is 2.64. The Morgan fingerprint density at radius 2 is 1.44 bits per heavy atom. The van der Waals surface area contributed by atoms with Crippen LogP contribution in [0.5, 0.6) is 0 Å². The molecule has 4 nitrogen and oxygen atoms in total. The maximum Gasteiger partial charge on any atom is 0.250 e. The van der Waals surface area contributed by atoms with Gasteiger partial charge in [-0.05, 0) is 24.3 Å². The van der Waals surface area contributed by atoms with Crippen LogP contribution in [0, 0.1) is 0 Å². The molecule has 0 amide bonds. The minimum atomic E-state index is 0.437. The molecule has 0 atom stereocenters. The lowest BCUT2D eigenvalue weighted by Crippen LogP contribution is -1.88. The Balaban J connectivity index is 2.03. The van der Waals surface area contributed by atoms with Gasteiger partial charge in [0.25, 0.3) is 0 Å². The van der Waals surface area contributed by atoms with E-state index in [4.69, 9.17) is 10.2 Å². The lowest BCUT2D eigenvalue weighted by Gasteiger charge is -1.98. The summed E-state index contributed by atoms with van der Waals surface area (Å²) in [7, 11) is 0. The van der Waals surface area contributed by atoms with Gasteiger partial charge in [-0.2, -0.15) is 0 Å². The van der Waals surface area contributed by atoms with Crippen molar-refractivity contribution >= 4 is 5.69 Å². The van der Waals surface area contributed by atoms with Crippen LogP contribution in [-0.2, 0) is 0 Å². The van der Waals surface area contributed by atoms with Gasteiger partial charge < -0.3 is 10.2 Å². The number of nitrogens with zero attached hydrogens (tertiary/aromatic N) is 2. The zero-order valence-corrected chi connectivity index (χ0v) is 9.58. The second-order valence-corrected chi connectivity index (χ2v) is 3.87. The zero-order valence-electron chi connectivity index (χ0n) is 9.58. The van der Waals surface area contributed by atoms with E-state index in [0.717, 1.165) is 11.1 Å². The highest BCUT2D eigenvalue weighted by Crippen LogP contribution is 2.27. The molecule has 1 heterocycles. The lowest BCUT2D eigenvalue weighted by atomic mass is 10.2. The van der Waals surface area contributed by atoms with Gasteiger partial charge in [-0.1, -0.05) is 30.3 Å². The molecule has 3 rings (SSSR count). The Morgan fingerprint density at radius 3 is 2.22 bits per heavy atom. The molecule has 0 aliphatic carbocycles. The summed E-state index contributed by atoms with van der Waals surface area (Å²) in [6.07, 6.45) is 0. The van der Waals surface area contributed by atoms with Gasteiger partial charge in [0.2, 0.25) is 11.8 Å². The van der Waals surface area contributed by atoms with Gasteiger partial charge in [-0.3, -0.25) is 0 Å². The molecule has 0 saturated carbocycles. The molecule has 0 bridgehead atoms. The fraction of sp³-hybridized carbons (Fsp3) is 0. The molecule has 2 N–H and O–H groups in total. The summed E-state index contributed by atoms with van der Waals surface area (Å²) in [5.41, 5.74) is 8.15. The third-order valence-electron chi connectivity index (χ3n) is 2.64. The highest BCUT2D eigenvalue weighted by atomic mass is 16.4. The molecule has 88 valence electrons. The predicted molar refractivity (Wildman–Crippen MR) is 69.6 cm³/mol. The van der Waals surface area contributed by atoms with Crippen LogP contribution in [0.3, 0.4) is 0 Å². The Labute approximate surface area is 104 Å². The summed E-state index contributed by atoms with van der Waals surface area (Å²) in [5.74, 6) is 0.931. The number of para-hydroxylation sites is 1. The summed E-state index contributed by atoms with van der Waals surface area (Å²) in [4.78, 5) is 0. The quantitative estimate of drug-likeness (QED) is 0.696.